The number of Topliss-reactive ketones (excluding diaryl/α,β-unsaturated/α-hetero) is 1. The van der Waals surface area contributed by atoms with Crippen LogP contribution in [-0.2, 0) is 14.4 Å². The second-order valence-corrected chi connectivity index (χ2v) is 4.53. The molecule has 0 aliphatic heterocycles. The fourth-order valence-corrected chi connectivity index (χ4v) is 1.74. The van der Waals surface area contributed by atoms with E-state index in [1.54, 1.807) is 21.0 Å². The van der Waals surface area contributed by atoms with Crippen LogP contribution in [0.3, 0.4) is 0 Å². The average Bonchev–Trinajstić information content (AvgIpc) is 2.39. The predicted molar refractivity (Wildman–Crippen MR) is 73.9 cm³/mol. The van der Waals surface area contributed by atoms with Gasteiger partial charge in [-0.1, -0.05) is 0 Å². The Bertz CT molecular complexity index is 295. The highest BCUT2D eigenvalue weighted by Gasteiger charge is 2.11. The van der Waals surface area contributed by atoms with Crippen LogP contribution in [0.1, 0.15) is 32.6 Å². The van der Waals surface area contributed by atoms with Gasteiger partial charge in [-0.05, 0) is 40.3 Å². The molecule has 0 fully saturated rings. The van der Waals surface area contributed by atoms with Gasteiger partial charge in [0, 0.05) is 13.0 Å². The van der Waals surface area contributed by atoms with E-state index < -0.39 is 6.04 Å². The van der Waals surface area contributed by atoms with Crippen molar-refractivity contribution in [3.63, 3.8) is 0 Å². The number of nitrogens with one attached hydrogen (secondary N) is 3. The molecule has 1 amide bonds. The molecule has 3 N–H and O–H groups in total. The van der Waals surface area contributed by atoms with Gasteiger partial charge in [-0.3, -0.25) is 9.59 Å². The Morgan fingerprint density at radius 3 is 2.32 bits per heavy atom. The van der Waals surface area contributed by atoms with E-state index in [4.69, 9.17) is 0 Å². The molecule has 110 valence electrons. The van der Waals surface area contributed by atoms with Gasteiger partial charge in [0.05, 0.1) is 12.1 Å². The van der Waals surface area contributed by atoms with E-state index in [0.29, 0.717) is 6.54 Å². The summed E-state index contributed by atoms with van der Waals surface area (Å²) in [4.78, 5) is 33.2. The van der Waals surface area contributed by atoms with Gasteiger partial charge in [0.2, 0.25) is 5.91 Å². The van der Waals surface area contributed by atoms with Crippen LogP contribution in [-0.4, -0.2) is 50.7 Å². The molecule has 0 saturated carbocycles. The van der Waals surface area contributed by atoms with E-state index >= 15 is 0 Å². The van der Waals surface area contributed by atoms with Crippen LogP contribution in [0.2, 0.25) is 0 Å². The molecule has 19 heavy (non-hydrogen) atoms. The molecule has 0 saturated heterocycles. The first-order chi connectivity index (χ1) is 9.04. The van der Waals surface area contributed by atoms with E-state index in [1.807, 2.05) is 0 Å². The van der Waals surface area contributed by atoms with E-state index in [2.05, 4.69) is 16.0 Å². The molecule has 0 bridgehead atoms. The van der Waals surface area contributed by atoms with Crippen molar-refractivity contribution in [2.24, 2.45) is 0 Å². The third kappa shape index (κ3) is 8.45. The Balaban J connectivity index is 3.66. The normalized spacial score (nSPS) is 13.6. The topological polar surface area (TPSA) is 87.3 Å². The van der Waals surface area contributed by atoms with Crippen LogP contribution >= 0.6 is 0 Å². The van der Waals surface area contributed by atoms with E-state index in [1.165, 1.54) is 0 Å². The first-order valence-corrected chi connectivity index (χ1v) is 6.62. The number of unbranched alkanes of at least 4 members (excludes halogenated alkanes) is 1. The van der Waals surface area contributed by atoms with Crippen molar-refractivity contribution in [2.45, 2.75) is 44.7 Å². The maximum atomic E-state index is 11.5. The standard InChI is InChI=1S/C13H25N3O3/c1-10(18)12(15-3)6-4-5-7-16-13(19)8-11(9-17)14-2/h9,11-12,14-15H,4-8H2,1-3H3,(H,16,19)/t11-,12-/m0/s1. The minimum absolute atomic E-state index is 0.0977. The lowest BCUT2D eigenvalue weighted by Crippen LogP contribution is -2.35. The van der Waals surface area contributed by atoms with Crippen molar-refractivity contribution in [2.75, 3.05) is 20.6 Å². The van der Waals surface area contributed by atoms with Gasteiger partial charge in [0.15, 0.2) is 0 Å². The maximum Gasteiger partial charge on any atom is 0.222 e. The third-order valence-electron chi connectivity index (χ3n) is 3.02. The molecule has 0 heterocycles. The highest BCUT2D eigenvalue weighted by Crippen LogP contribution is 2.01. The SMILES string of the molecule is CN[C@H](C=O)CC(=O)NCCCC[C@H](NC)C(C)=O. The summed E-state index contributed by atoms with van der Waals surface area (Å²) in [7, 11) is 3.41. The fourth-order valence-electron chi connectivity index (χ4n) is 1.74. The zero-order valence-corrected chi connectivity index (χ0v) is 12.0. The smallest absolute Gasteiger partial charge is 0.222 e. The maximum absolute atomic E-state index is 11.5. The molecule has 0 aromatic rings. The van der Waals surface area contributed by atoms with Crippen molar-refractivity contribution in [3.05, 3.63) is 0 Å². The lowest BCUT2D eigenvalue weighted by molar-refractivity contribution is -0.123. The number of aldehydes is 1. The molecular formula is C13H25N3O3. The number of carbonyl (C=O) groups excluding carboxylic acids is 3. The van der Waals surface area contributed by atoms with E-state index in [9.17, 15) is 14.4 Å². The highest BCUT2D eigenvalue weighted by molar-refractivity contribution is 5.81. The number of carbonyl (C=O) groups is 3. The number of amides is 1. The summed E-state index contributed by atoms with van der Waals surface area (Å²) in [5.41, 5.74) is 0. The summed E-state index contributed by atoms with van der Waals surface area (Å²) in [5.74, 6) is -0.00225. The molecule has 0 spiro atoms. The second kappa shape index (κ2) is 10.6. The number of hydrogen-bond donors (Lipinski definition) is 3. The Morgan fingerprint density at radius 1 is 1.16 bits per heavy atom. The summed E-state index contributed by atoms with van der Waals surface area (Å²) in [6.07, 6.45) is 3.35. The molecule has 0 aliphatic rings. The highest BCUT2D eigenvalue weighted by atomic mass is 16.2. The number of rotatable bonds is 11. The summed E-state index contributed by atoms with van der Waals surface area (Å²) in [5, 5.41) is 8.46. The molecule has 0 aromatic carbocycles. The second-order valence-electron chi connectivity index (χ2n) is 4.53. The Labute approximate surface area is 114 Å². The zero-order chi connectivity index (χ0) is 14.7. The van der Waals surface area contributed by atoms with Crippen molar-refractivity contribution < 1.29 is 14.4 Å². The minimum Gasteiger partial charge on any atom is -0.356 e. The summed E-state index contributed by atoms with van der Waals surface area (Å²) in [6.45, 7) is 2.14. The lowest BCUT2D eigenvalue weighted by atomic mass is 10.1. The molecule has 0 aromatic heterocycles. The molecule has 0 rings (SSSR count). The molecule has 2 atom stereocenters. The first-order valence-electron chi connectivity index (χ1n) is 6.62. The average molecular weight is 271 g/mol. The van der Waals surface area contributed by atoms with Crippen molar-refractivity contribution >= 4 is 18.0 Å². The van der Waals surface area contributed by atoms with E-state index in [-0.39, 0.29) is 24.2 Å². The molecular weight excluding hydrogens is 246 g/mol. The Morgan fingerprint density at radius 2 is 1.84 bits per heavy atom. The monoisotopic (exact) mass is 271 g/mol. The van der Waals surface area contributed by atoms with Crippen molar-refractivity contribution in [3.8, 4) is 0 Å². The van der Waals surface area contributed by atoms with Crippen LogP contribution in [0.4, 0.5) is 0 Å². The molecule has 0 unspecified atom stereocenters. The number of ketones is 1. The van der Waals surface area contributed by atoms with Crippen LogP contribution in [0.15, 0.2) is 0 Å². The van der Waals surface area contributed by atoms with Gasteiger partial charge >= 0.3 is 0 Å². The number of likely N-dealkylation sites (N-methyl/N-ethyl adjacent to an activating group) is 2. The van der Waals surface area contributed by atoms with E-state index in [0.717, 1.165) is 25.5 Å². The van der Waals surface area contributed by atoms with Crippen LogP contribution in [0, 0.1) is 0 Å². The lowest BCUT2D eigenvalue weighted by Gasteiger charge is -2.12. The molecule has 0 radical (unpaired) electrons. The van der Waals surface area contributed by atoms with Gasteiger partial charge in [-0.15, -0.1) is 0 Å². The van der Waals surface area contributed by atoms with Crippen LogP contribution < -0.4 is 16.0 Å². The summed E-state index contributed by atoms with van der Waals surface area (Å²) >= 11 is 0. The van der Waals surface area contributed by atoms with Crippen LogP contribution in [0.25, 0.3) is 0 Å². The largest absolute Gasteiger partial charge is 0.356 e. The first kappa shape index (κ1) is 17.7. The number of hydrogen-bond acceptors (Lipinski definition) is 5. The van der Waals surface area contributed by atoms with Crippen molar-refractivity contribution in [1.29, 1.82) is 0 Å². The molecule has 6 heteroatoms. The Kier molecular flexibility index (Phi) is 9.92. The fraction of sp³-hybridized carbons (Fsp3) is 0.769. The Hall–Kier alpha value is -1.27. The predicted octanol–water partition coefficient (Wildman–Crippen LogP) is -0.373. The van der Waals surface area contributed by atoms with Gasteiger partial charge in [-0.25, -0.2) is 0 Å². The van der Waals surface area contributed by atoms with Crippen LogP contribution in [0.5, 0.6) is 0 Å². The molecule has 6 nitrogen and oxygen atoms in total. The summed E-state index contributed by atoms with van der Waals surface area (Å²) < 4.78 is 0. The third-order valence-corrected chi connectivity index (χ3v) is 3.02. The quantitative estimate of drug-likeness (QED) is 0.352. The van der Waals surface area contributed by atoms with Gasteiger partial charge in [0.1, 0.15) is 12.1 Å². The summed E-state index contributed by atoms with van der Waals surface area (Å²) in [6, 6.07) is -0.522. The molecule has 0 aliphatic carbocycles. The van der Waals surface area contributed by atoms with Gasteiger partial charge < -0.3 is 20.7 Å². The van der Waals surface area contributed by atoms with Gasteiger partial charge in [0.25, 0.3) is 0 Å². The van der Waals surface area contributed by atoms with Gasteiger partial charge in [-0.2, -0.15) is 0 Å². The zero-order valence-electron chi connectivity index (χ0n) is 12.0. The van der Waals surface area contributed by atoms with Crippen molar-refractivity contribution in [1.82, 2.24) is 16.0 Å². The minimum atomic E-state index is -0.425.